The Hall–Kier alpha value is -1.68. The Balaban J connectivity index is 1.98. The van der Waals surface area contributed by atoms with Gasteiger partial charge in [0.2, 0.25) is 0 Å². The Morgan fingerprint density at radius 3 is 2.65 bits per heavy atom. The van der Waals surface area contributed by atoms with Gasteiger partial charge in [0.05, 0.1) is 11.4 Å². The molecular weight excluding hydrogens is 248 g/mol. The monoisotopic (exact) mass is 272 g/mol. The van der Waals surface area contributed by atoms with E-state index in [0.29, 0.717) is 6.04 Å². The van der Waals surface area contributed by atoms with E-state index in [9.17, 15) is 0 Å². The van der Waals surface area contributed by atoms with Crippen LogP contribution in [0.3, 0.4) is 0 Å². The summed E-state index contributed by atoms with van der Waals surface area (Å²) in [5.41, 5.74) is 4.75. The number of nitrogens with zero attached hydrogens (tertiary/aromatic N) is 4. The Kier molecular flexibility index (Phi) is 4.55. The molecule has 0 saturated heterocycles. The third kappa shape index (κ3) is 3.67. The Bertz CT molecular complexity index is 574. The highest BCUT2D eigenvalue weighted by atomic mass is 15.3. The number of likely N-dealkylation sites (N-methyl/N-ethyl adjacent to an activating group) is 1. The first kappa shape index (κ1) is 14.7. The number of rotatable bonds is 5. The van der Waals surface area contributed by atoms with Crippen molar-refractivity contribution in [1.29, 1.82) is 0 Å². The molecule has 2 aromatic rings. The minimum Gasteiger partial charge on any atom is -0.297 e. The SMILES string of the molecule is Cc1ccnc(CC(C)N(C)Cc2cc(C)nn2C)c1. The van der Waals surface area contributed by atoms with E-state index in [1.807, 2.05) is 30.9 Å². The predicted octanol–water partition coefficient (Wildman–Crippen LogP) is 2.49. The van der Waals surface area contributed by atoms with E-state index >= 15 is 0 Å². The lowest BCUT2D eigenvalue weighted by molar-refractivity contribution is 0.240. The van der Waals surface area contributed by atoms with Crippen LogP contribution in [0, 0.1) is 13.8 Å². The minimum atomic E-state index is 0.444. The van der Waals surface area contributed by atoms with E-state index in [1.54, 1.807) is 0 Å². The van der Waals surface area contributed by atoms with Crippen molar-refractivity contribution in [1.82, 2.24) is 19.7 Å². The second kappa shape index (κ2) is 6.18. The molecule has 0 aliphatic heterocycles. The Labute approximate surface area is 121 Å². The van der Waals surface area contributed by atoms with Crippen molar-refractivity contribution < 1.29 is 0 Å². The maximum atomic E-state index is 4.45. The highest BCUT2D eigenvalue weighted by molar-refractivity contribution is 5.15. The number of aryl methyl sites for hydroxylation is 3. The zero-order chi connectivity index (χ0) is 14.7. The fourth-order valence-corrected chi connectivity index (χ4v) is 2.39. The molecule has 1 unspecified atom stereocenters. The first-order valence-corrected chi connectivity index (χ1v) is 7.07. The van der Waals surface area contributed by atoms with Gasteiger partial charge in [-0.3, -0.25) is 14.6 Å². The van der Waals surface area contributed by atoms with Crippen molar-refractivity contribution in [3.05, 3.63) is 47.0 Å². The molecule has 108 valence electrons. The smallest absolute Gasteiger partial charge is 0.0597 e. The minimum absolute atomic E-state index is 0.444. The maximum Gasteiger partial charge on any atom is 0.0597 e. The van der Waals surface area contributed by atoms with Gasteiger partial charge in [0.25, 0.3) is 0 Å². The molecule has 0 bridgehead atoms. The van der Waals surface area contributed by atoms with Gasteiger partial charge in [-0.05, 0) is 51.6 Å². The molecule has 1 atom stereocenters. The van der Waals surface area contributed by atoms with Crippen molar-refractivity contribution in [2.75, 3.05) is 7.05 Å². The van der Waals surface area contributed by atoms with Gasteiger partial charge in [-0.15, -0.1) is 0 Å². The summed E-state index contributed by atoms with van der Waals surface area (Å²) in [4.78, 5) is 6.79. The molecule has 0 aromatic carbocycles. The van der Waals surface area contributed by atoms with Gasteiger partial charge in [-0.25, -0.2) is 0 Å². The van der Waals surface area contributed by atoms with Crippen LogP contribution in [0.5, 0.6) is 0 Å². The molecule has 0 radical (unpaired) electrons. The summed E-state index contributed by atoms with van der Waals surface area (Å²) < 4.78 is 1.96. The van der Waals surface area contributed by atoms with Crippen LogP contribution in [-0.4, -0.2) is 32.8 Å². The van der Waals surface area contributed by atoms with E-state index in [-0.39, 0.29) is 0 Å². The van der Waals surface area contributed by atoms with Crippen molar-refractivity contribution in [3.8, 4) is 0 Å². The maximum absolute atomic E-state index is 4.45. The van der Waals surface area contributed by atoms with Crippen molar-refractivity contribution in [3.63, 3.8) is 0 Å². The third-order valence-electron chi connectivity index (χ3n) is 3.74. The molecule has 2 rings (SSSR count). The zero-order valence-electron chi connectivity index (χ0n) is 13.1. The summed E-state index contributed by atoms with van der Waals surface area (Å²) in [6.45, 7) is 7.29. The lowest BCUT2D eigenvalue weighted by atomic mass is 10.1. The fraction of sp³-hybridized carbons (Fsp3) is 0.500. The highest BCUT2D eigenvalue weighted by Gasteiger charge is 2.13. The lowest BCUT2D eigenvalue weighted by Crippen LogP contribution is -2.31. The summed E-state index contributed by atoms with van der Waals surface area (Å²) in [6, 6.07) is 6.79. The quantitative estimate of drug-likeness (QED) is 0.838. The molecule has 4 heteroatoms. The summed E-state index contributed by atoms with van der Waals surface area (Å²) in [7, 11) is 4.16. The lowest BCUT2D eigenvalue weighted by Gasteiger charge is -2.24. The summed E-state index contributed by atoms with van der Waals surface area (Å²) in [5.74, 6) is 0. The Morgan fingerprint density at radius 1 is 1.30 bits per heavy atom. The topological polar surface area (TPSA) is 34.0 Å². The third-order valence-corrected chi connectivity index (χ3v) is 3.74. The number of hydrogen-bond acceptors (Lipinski definition) is 3. The second-order valence-corrected chi connectivity index (χ2v) is 5.69. The van der Waals surface area contributed by atoms with Gasteiger partial charge in [0.15, 0.2) is 0 Å². The molecule has 0 saturated carbocycles. The van der Waals surface area contributed by atoms with E-state index in [0.717, 1.165) is 24.4 Å². The average molecular weight is 272 g/mol. The number of hydrogen-bond donors (Lipinski definition) is 0. The van der Waals surface area contributed by atoms with E-state index < -0.39 is 0 Å². The van der Waals surface area contributed by atoms with Gasteiger partial charge in [0.1, 0.15) is 0 Å². The van der Waals surface area contributed by atoms with Crippen molar-refractivity contribution in [2.45, 2.75) is 39.8 Å². The second-order valence-electron chi connectivity index (χ2n) is 5.69. The van der Waals surface area contributed by atoms with Crippen LogP contribution in [0.4, 0.5) is 0 Å². The fourth-order valence-electron chi connectivity index (χ4n) is 2.39. The van der Waals surface area contributed by atoms with Crippen LogP contribution in [0.1, 0.15) is 29.6 Å². The molecule has 0 fully saturated rings. The van der Waals surface area contributed by atoms with Gasteiger partial charge in [0, 0.05) is 37.9 Å². The summed E-state index contributed by atoms with van der Waals surface area (Å²) >= 11 is 0. The normalized spacial score (nSPS) is 12.9. The van der Waals surface area contributed by atoms with Crippen LogP contribution < -0.4 is 0 Å². The molecule has 2 aromatic heterocycles. The molecule has 0 spiro atoms. The largest absolute Gasteiger partial charge is 0.297 e. The molecule has 0 amide bonds. The molecule has 0 aliphatic carbocycles. The van der Waals surface area contributed by atoms with Crippen LogP contribution in [0.25, 0.3) is 0 Å². The van der Waals surface area contributed by atoms with Crippen LogP contribution >= 0.6 is 0 Å². The average Bonchev–Trinajstić information content (AvgIpc) is 2.67. The number of pyridine rings is 1. The molecular formula is C16H24N4. The van der Waals surface area contributed by atoms with Gasteiger partial charge in [-0.2, -0.15) is 5.10 Å². The standard InChI is InChI=1S/C16H24N4/c1-12-6-7-17-15(8-12)10-14(3)19(4)11-16-9-13(2)18-20(16)5/h6-9,14H,10-11H2,1-5H3. The Morgan fingerprint density at radius 2 is 2.05 bits per heavy atom. The molecule has 4 nitrogen and oxygen atoms in total. The predicted molar refractivity (Wildman–Crippen MR) is 81.6 cm³/mol. The molecule has 20 heavy (non-hydrogen) atoms. The van der Waals surface area contributed by atoms with Gasteiger partial charge < -0.3 is 0 Å². The van der Waals surface area contributed by atoms with E-state index in [4.69, 9.17) is 0 Å². The van der Waals surface area contributed by atoms with E-state index in [1.165, 1.54) is 11.3 Å². The molecule has 0 N–H and O–H groups in total. The van der Waals surface area contributed by atoms with Crippen molar-refractivity contribution >= 4 is 0 Å². The number of aromatic nitrogens is 3. The first-order chi connectivity index (χ1) is 9.45. The molecule has 0 aliphatic rings. The molecule has 2 heterocycles. The van der Waals surface area contributed by atoms with Crippen LogP contribution in [0.15, 0.2) is 24.4 Å². The van der Waals surface area contributed by atoms with Crippen molar-refractivity contribution in [2.24, 2.45) is 7.05 Å². The zero-order valence-corrected chi connectivity index (χ0v) is 13.1. The summed E-state index contributed by atoms with van der Waals surface area (Å²) in [6.07, 6.45) is 2.86. The van der Waals surface area contributed by atoms with E-state index in [2.05, 4.69) is 48.0 Å². The first-order valence-electron chi connectivity index (χ1n) is 7.07. The van der Waals surface area contributed by atoms with Gasteiger partial charge in [-0.1, -0.05) is 0 Å². The van der Waals surface area contributed by atoms with Crippen LogP contribution in [0.2, 0.25) is 0 Å². The summed E-state index contributed by atoms with van der Waals surface area (Å²) in [5, 5.41) is 4.40. The van der Waals surface area contributed by atoms with Crippen LogP contribution in [-0.2, 0) is 20.0 Å². The highest BCUT2D eigenvalue weighted by Crippen LogP contribution is 2.11. The van der Waals surface area contributed by atoms with Gasteiger partial charge >= 0.3 is 0 Å².